The quantitative estimate of drug-likeness (QED) is 0.897. The number of hydrogen-bond donors (Lipinski definition) is 1. The number of benzene rings is 1. The molecule has 0 spiro atoms. The van der Waals surface area contributed by atoms with Crippen molar-refractivity contribution in [2.45, 2.75) is 18.9 Å². The minimum Gasteiger partial charge on any atom is -0.381 e. The third kappa shape index (κ3) is 3.10. The van der Waals surface area contributed by atoms with Crippen molar-refractivity contribution in [3.63, 3.8) is 0 Å². The molecule has 1 saturated heterocycles. The van der Waals surface area contributed by atoms with E-state index in [0.29, 0.717) is 6.04 Å². The van der Waals surface area contributed by atoms with Gasteiger partial charge in [0.05, 0.1) is 10.7 Å². The maximum atomic E-state index is 6.10. The molecular formula is C11H13BrClNO. The topological polar surface area (TPSA) is 21.3 Å². The van der Waals surface area contributed by atoms with E-state index < -0.39 is 0 Å². The molecule has 2 nitrogen and oxygen atoms in total. The number of halogens is 2. The van der Waals surface area contributed by atoms with E-state index in [2.05, 4.69) is 21.2 Å². The Balaban J connectivity index is 2.05. The molecule has 0 saturated carbocycles. The first-order valence-corrected chi connectivity index (χ1v) is 6.22. The predicted molar refractivity (Wildman–Crippen MR) is 66.6 cm³/mol. The lowest BCUT2D eigenvalue weighted by atomic mass is 10.1. The lowest BCUT2D eigenvalue weighted by Crippen LogP contribution is -2.27. The van der Waals surface area contributed by atoms with Gasteiger partial charge in [0.25, 0.3) is 0 Å². The maximum absolute atomic E-state index is 6.10. The molecule has 1 aromatic carbocycles. The summed E-state index contributed by atoms with van der Waals surface area (Å²) in [5.41, 5.74) is 0.998. The second-order valence-electron chi connectivity index (χ2n) is 3.66. The van der Waals surface area contributed by atoms with Crippen LogP contribution in [0.4, 0.5) is 5.69 Å². The second-order valence-corrected chi connectivity index (χ2v) is 4.98. The molecule has 1 aliphatic rings. The number of ether oxygens (including phenoxy) is 1. The van der Waals surface area contributed by atoms with Crippen molar-refractivity contribution < 1.29 is 4.74 Å². The van der Waals surface area contributed by atoms with Crippen molar-refractivity contribution in [3.05, 3.63) is 27.7 Å². The van der Waals surface area contributed by atoms with Crippen molar-refractivity contribution in [3.8, 4) is 0 Å². The lowest BCUT2D eigenvalue weighted by molar-refractivity contribution is 0.0904. The summed E-state index contributed by atoms with van der Waals surface area (Å²) >= 11 is 9.54. The monoisotopic (exact) mass is 289 g/mol. The van der Waals surface area contributed by atoms with Crippen LogP contribution in [-0.2, 0) is 4.74 Å². The van der Waals surface area contributed by atoms with Gasteiger partial charge in [-0.15, -0.1) is 0 Å². The number of rotatable bonds is 2. The van der Waals surface area contributed by atoms with Gasteiger partial charge in [0.1, 0.15) is 0 Å². The first-order chi connectivity index (χ1) is 7.25. The largest absolute Gasteiger partial charge is 0.381 e. The zero-order chi connectivity index (χ0) is 10.7. The lowest BCUT2D eigenvalue weighted by Gasteiger charge is -2.24. The summed E-state index contributed by atoms with van der Waals surface area (Å²) < 4.78 is 6.35. The van der Waals surface area contributed by atoms with Crippen molar-refractivity contribution in [2.24, 2.45) is 0 Å². The SMILES string of the molecule is Clc1ccc(Br)cc1NC1CCOCC1. The average Bonchev–Trinajstić information content (AvgIpc) is 2.25. The molecule has 0 aromatic heterocycles. The molecule has 1 aliphatic heterocycles. The van der Waals surface area contributed by atoms with Crippen LogP contribution in [0.15, 0.2) is 22.7 Å². The third-order valence-corrected chi connectivity index (χ3v) is 3.33. The van der Waals surface area contributed by atoms with Gasteiger partial charge in [0.2, 0.25) is 0 Å². The Morgan fingerprint density at radius 2 is 2.07 bits per heavy atom. The number of hydrogen-bond acceptors (Lipinski definition) is 2. The van der Waals surface area contributed by atoms with E-state index in [1.807, 2.05) is 18.2 Å². The van der Waals surface area contributed by atoms with E-state index in [0.717, 1.165) is 41.2 Å². The predicted octanol–water partition coefficient (Wildman–Crippen LogP) is 3.69. The molecule has 0 amide bonds. The van der Waals surface area contributed by atoms with Crippen LogP contribution in [-0.4, -0.2) is 19.3 Å². The van der Waals surface area contributed by atoms with Gasteiger partial charge in [-0.25, -0.2) is 0 Å². The van der Waals surface area contributed by atoms with Crippen LogP contribution in [0.2, 0.25) is 5.02 Å². The Labute approximate surface area is 103 Å². The highest BCUT2D eigenvalue weighted by Crippen LogP contribution is 2.27. The minimum atomic E-state index is 0.477. The van der Waals surface area contributed by atoms with Crippen LogP contribution in [0.1, 0.15) is 12.8 Å². The average molecular weight is 291 g/mol. The summed E-state index contributed by atoms with van der Waals surface area (Å²) in [4.78, 5) is 0. The normalized spacial score (nSPS) is 17.7. The fraction of sp³-hybridized carbons (Fsp3) is 0.455. The summed E-state index contributed by atoms with van der Waals surface area (Å²) in [5, 5.41) is 4.22. The standard InChI is InChI=1S/C11H13BrClNO/c12-8-1-2-10(13)11(7-8)14-9-3-5-15-6-4-9/h1-2,7,9,14H,3-6H2. The van der Waals surface area contributed by atoms with Crippen molar-refractivity contribution in [2.75, 3.05) is 18.5 Å². The van der Waals surface area contributed by atoms with E-state index in [-0.39, 0.29) is 0 Å². The van der Waals surface area contributed by atoms with E-state index >= 15 is 0 Å². The van der Waals surface area contributed by atoms with Crippen LogP contribution in [0, 0.1) is 0 Å². The van der Waals surface area contributed by atoms with Crippen LogP contribution < -0.4 is 5.32 Å². The summed E-state index contributed by atoms with van der Waals surface area (Å²) in [5.74, 6) is 0. The Morgan fingerprint density at radius 1 is 1.33 bits per heavy atom. The Kier molecular flexibility index (Phi) is 3.89. The summed E-state index contributed by atoms with van der Waals surface area (Å²) in [7, 11) is 0. The van der Waals surface area contributed by atoms with Crippen molar-refractivity contribution >= 4 is 33.2 Å². The van der Waals surface area contributed by atoms with Gasteiger partial charge in [0, 0.05) is 23.7 Å². The number of nitrogens with one attached hydrogen (secondary N) is 1. The van der Waals surface area contributed by atoms with Gasteiger partial charge in [0.15, 0.2) is 0 Å². The highest BCUT2D eigenvalue weighted by Gasteiger charge is 2.14. The zero-order valence-corrected chi connectivity index (χ0v) is 10.6. The van der Waals surface area contributed by atoms with Crippen LogP contribution in [0.25, 0.3) is 0 Å². The highest BCUT2D eigenvalue weighted by atomic mass is 79.9. The fourth-order valence-corrected chi connectivity index (χ4v) is 2.20. The Morgan fingerprint density at radius 3 is 2.80 bits per heavy atom. The van der Waals surface area contributed by atoms with E-state index in [1.165, 1.54) is 0 Å². The fourth-order valence-electron chi connectivity index (χ4n) is 1.67. The first-order valence-electron chi connectivity index (χ1n) is 5.05. The molecule has 0 radical (unpaired) electrons. The first kappa shape index (κ1) is 11.2. The van der Waals surface area contributed by atoms with Gasteiger partial charge >= 0.3 is 0 Å². The summed E-state index contributed by atoms with van der Waals surface area (Å²) in [6, 6.07) is 6.33. The molecule has 0 aliphatic carbocycles. The molecule has 1 fully saturated rings. The molecule has 1 heterocycles. The molecular weight excluding hydrogens is 277 g/mol. The molecule has 15 heavy (non-hydrogen) atoms. The molecule has 0 atom stereocenters. The highest BCUT2D eigenvalue weighted by molar-refractivity contribution is 9.10. The summed E-state index contributed by atoms with van der Waals surface area (Å²) in [6.07, 6.45) is 2.09. The van der Waals surface area contributed by atoms with E-state index in [9.17, 15) is 0 Å². The molecule has 82 valence electrons. The summed E-state index contributed by atoms with van der Waals surface area (Å²) in [6.45, 7) is 1.67. The third-order valence-electron chi connectivity index (χ3n) is 2.51. The molecule has 0 bridgehead atoms. The van der Waals surface area contributed by atoms with E-state index in [1.54, 1.807) is 0 Å². The maximum Gasteiger partial charge on any atom is 0.0638 e. The van der Waals surface area contributed by atoms with Crippen LogP contribution in [0.5, 0.6) is 0 Å². The van der Waals surface area contributed by atoms with Gasteiger partial charge in [-0.1, -0.05) is 27.5 Å². The Hall–Kier alpha value is -0.250. The van der Waals surface area contributed by atoms with Gasteiger partial charge in [-0.2, -0.15) is 0 Å². The smallest absolute Gasteiger partial charge is 0.0638 e. The van der Waals surface area contributed by atoms with Gasteiger partial charge in [-0.3, -0.25) is 0 Å². The van der Waals surface area contributed by atoms with Crippen molar-refractivity contribution in [1.29, 1.82) is 0 Å². The molecule has 4 heteroatoms. The number of anilines is 1. The van der Waals surface area contributed by atoms with Crippen molar-refractivity contribution in [1.82, 2.24) is 0 Å². The second kappa shape index (κ2) is 5.19. The Bertz CT molecular complexity index is 339. The molecule has 1 N–H and O–H groups in total. The van der Waals surface area contributed by atoms with E-state index in [4.69, 9.17) is 16.3 Å². The van der Waals surface area contributed by atoms with Crippen LogP contribution >= 0.6 is 27.5 Å². The molecule has 1 aromatic rings. The molecule has 0 unspecified atom stereocenters. The minimum absolute atomic E-state index is 0.477. The zero-order valence-electron chi connectivity index (χ0n) is 8.30. The van der Waals surface area contributed by atoms with Crippen LogP contribution in [0.3, 0.4) is 0 Å². The van der Waals surface area contributed by atoms with Gasteiger partial charge in [-0.05, 0) is 31.0 Å². The molecule has 2 rings (SSSR count). The van der Waals surface area contributed by atoms with Gasteiger partial charge < -0.3 is 10.1 Å².